The normalized spacial score (nSPS) is 10.3. The van der Waals surface area contributed by atoms with Crippen LogP contribution in [-0.2, 0) is 13.0 Å². The lowest BCUT2D eigenvalue weighted by molar-refractivity contribution is 0.405. The number of benzene rings is 1. The molecular formula is C11H16FNO. The summed E-state index contributed by atoms with van der Waals surface area (Å²) in [6, 6.07) is 2.98. The Bertz CT molecular complexity index is 312. The summed E-state index contributed by atoms with van der Waals surface area (Å²) in [5, 5.41) is 3.02. The Kier molecular flexibility index (Phi) is 3.89. The second kappa shape index (κ2) is 4.96. The molecule has 0 aliphatic carbocycles. The van der Waals surface area contributed by atoms with Crippen LogP contribution in [0.15, 0.2) is 12.1 Å². The van der Waals surface area contributed by atoms with E-state index >= 15 is 0 Å². The Morgan fingerprint density at radius 1 is 1.43 bits per heavy atom. The minimum absolute atomic E-state index is 0.246. The van der Waals surface area contributed by atoms with E-state index < -0.39 is 0 Å². The monoisotopic (exact) mass is 197 g/mol. The van der Waals surface area contributed by atoms with E-state index in [1.165, 1.54) is 6.07 Å². The molecule has 0 amide bonds. The molecule has 0 aliphatic rings. The van der Waals surface area contributed by atoms with Gasteiger partial charge in [-0.05, 0) is 30.7 Å². The summed E-state index contributed by atoms with van der Waals surface area (Å²) < 4.78 is 18.3. The molecular weight excluding hydrogens is 181 g/mol. The van der Waals surface area contributed by atoms with E-state index in [4.69, 9.17) is 4.74 Å². The minimum Gasteiger partial charge on any atom is -0.496 e. The van der Waals surface area contributed by atoms with E-state index in [9.17, 15) is 4.39 Å². The van der Waals surface area contributed by atoms with Gasteiger partial charge in [0.2, 0.25) is 0 Å². The fourth-order valence-electron chi connectivity index (χ4n) is 1.60. The number of rotatable bonds is 4. The number of halogens is 1. The van der Waals surface area contributed by atoms with Gasteiger partial charge in [-0.1, -0.05) is 6.92 Å². The van der Waals surface area contributed by atoms with Gasteiger partial charge in [0.15, 0.2) is 0 Å². The first-order valence-electron chi connectivity index (χ1n) is 4.72. The lowest BCUT2D eigenvalue weighted by atomic mass is 10.0. The quantitative estimate of drug-likeness (QED) is 0.798. The summed E-state index contributed by atoms with van der Waals surface area (Å²) in [4.78, 5) is 0. The van der Waals surface area contributed by atoms with Crippen molar-refractivity contribution < 1.29 is 9.13 Å². The first-order chi connectivity index (χ1) is 6.72. The van der Waals surface area contributed by atoms with E-state index in [0.717, 1.165) is 17.5 Å². The Labute approximate surface area is 84.1 Å². The van der Waals surface area contributed by atoms with Crippen LogP contribution < -0.4 is 10.1 Å². The summed E-state index contributed by atoms with van der Waals surface area (Å²) in [7, 11) is 3.41. The summed E-state index contributed by atoms with van der Waals surface area (Å²) in [6.07, 6.45) is 0.848. The molecule has 14 heavy (non-hydrogen) atoms. The van der Waals surface area contributed by atoms with Gasteiger partial charge in [0.25, 0.3) is 0 Å². The van der Waals surface area contributed by atoms with Gasteiger partial charge >= 0.3 is 0 Å². The van der Waals surface area contributed by atoms with Crippen LogP contribution in [0.4, 0.5) is 4.39 Å². The predicted molar refractivity (Wildman–Crippen MR) is 55.1 cm³/mol. The zero-order valence-corrected chi connectivity index (χ0v) is 8.86. The molecule has 0 spiro atoms. The highest BCUT2D eigenvalue weighted by molar-refractivity contribution is 5.40. The average molecular weight is 197 g/mol. The Hall–Kier alpha value is -1.09. The SMILES string of the molecule is CCc1c(CNC)cc(F)cc1OC. The van der Waals surface area contributed by atoms with Gasteiger partial charge in [-0.15, -0.1) is 0 Å². The zero-order valence-electron chi connectivity index (χ0n) is 8.86. The summed E-state index contributed by atoms with van der Waals surface area (Å²) >= 11 is 0. The number of methoxy groups -OCH3 is 1. The number of ether oxygens (including phenoxy) is 1. The summed E-state index contributed by atoms with van der Waals surface area (Å²) in [6.45, 7) is 2.70. The van der Waals surface area contributed by atoms with E-state index in [0.29, 0.717) is 12.3 Å². The fraction of sp³-hybridized carbons (Fsp3) is 0.455. The largest absolute Gasteiger partial charge is 0.496 e. The lowest BCUT2D eigenvalue weighted by Gasteiger charge is -2.12. The Balaban J connectivity index is 3.17. The van der Waals surface area contributed by atoms with Crippen molar-refractivity contribution >= 4 is 0 Å². The third-order valence-corrected chi connectivity index (χ3v) is 2.21. The van der Waals surface area contributed by atoms with Gasteiger partial charge in [0.1, 0.15) is 11.6 Å². The Morgan fingerprint density at radius 3 is 2.64 bits per heavy atom. The highest BCUT2D eigenvalue weighted by atomic mass is 19.1. The van der Waals surface area contributed by atoms with Crippen molar-refractivity contribution in [3.05, 3.63) is 29.1 Å². The average Bonchev–Trinajstić information content (AvgIpc) is 2.17. The van der Waals surface area contributed by atoms with Gasteiger partial charge in [0, 0.05) is 12.6 Å². The second-order valence-electron chi connectivity index (χ2n) is 3.13. The van der Waals surface area contributed by atoms with Crippen molar-refractivity contribution in [2.24, 2.45) is 0 Å². The number of hydrogen-bond donors (Lipinski definition) is 1. The van der Waals surface area contributed by atoms with Crippen molar-refractivity contribution in [3.63, 3.8) is 0 Å². The van der Waals surface area contributed by atoms with Crippen LogP contribution >= 0.6 is 0 Å². The molecule has 78 valence electrons. The molecule has 0 fully saturated rings. The highest BCUT2D eigenvalue weighted by Crippen LogP contribution is 2.24. The maximum atomic E-state index is 13.1. The topological polar surface area (TPSA) is 21.3 Å². The molecule has 1 rings (SSSR count). The van der Waals surface area contributed by atoms with Crippen molar-refractivity contribution in [2.45, 2.75) is 19.9 Å². The zero-order chi connectivity index (χ0) is 10.6. The van der Waals surface area contributed by atoms with Gasteiger partial charge in [0.05, 0.1) is 7.11 Å². The molecule has 0 saturated heterocycles. The minimum atomic E-state index is -0.246. The molecule has 1 N–H and O–H groups in total. The molecule has 2 nitrogen and oxygen atoms in total. The molecule has 3 heteroatoms. The van der Waals surface area contributed by atoms with Gasteiger partial charge < -0.3 is 10.1 Å². The van der Waals surface area contributed by atoms with Crippen LogP contribution in [0, 0.1) is 5.82 Å². The van der Waals surface area contributed by atoms with Gasteiger partial charge in [-0.3, -0.25) is 0 Å². The van der Waals surface area contributed by atoms with E-state index in [1.54, 1.807) is 13.2 Å². The third-order valence-electron chi connectivity index (χ3n) is 2.21. The first kappa shape index (κ1) is 11.0. The second-order valence-corrected chi connectivity index (χ2v) is 3.13. The van der Waals surface area contributed by atoms with Gasteiger partial charge in [-0.25, -0.2) is 4.39 Å². The Morgan fingerprint density at radius 2 is 2.14 bits per heavy atom. The summed E-state index contributed by atoms with van der Waals surface area (Å²) in [5.74, 6) is 0.391. The molecule has 0 radical (unpaired) electrons. The lowest BCUT2D eigenvalue weighted by Crippen LogP contribution is -2.09. The van der Waals surface area contributed by atoms with E-state index in [2.05, 4.69) is 5.32 Å². The van der Waals surface area contributed by atoms with E-state index in [-0.39, 0.29) is 5.82 Å². The molecule has 0 aromatic heterocycles. The molecule has 0 heterocycles. The van der Waals surface area contributed by atoms with Crippen LogP contribution in [0.1, 0.15) is 18.1 Å². The molecule has 0 unspecified atom stereocenters. The molecule has 1 aromatic carbocycles. The van der Waals surface area contributed by atoms with Crippen LogP contribution in [0.3, 0.4) is 0 Å². The molecule has 1 aromatic rings. The van der Waals surface area contributed by atoms with Crippen LogP contribution in [-0.4, -0.2) is 14.2 Å². The van der Waals surface area contributed by atoms with Crippen molar-refractivity contribution in [3.8, 4) is 5.75 Å². The highest BCUT2D eigenvalue weighted by Gasteiger charge is 2.09. The van der Waals surface area contributed by atoms with E-state index in [1.807, 2.05) is 14.0 Å². The molecule has 0 bridgehead atoms. The maximum absolute atomic E-state index is 13.1. The van der Waals surface area contributed by atoms with Crippen molar-refractivity contribution in [1.29, 1.82) is 0 Å². The van der Waals surface area contributed by atoms with Crippen LogP contribution in [0.2, 0.25) is 0 Å². The first-order valence-corrected chi connectivity index (χ1v) is 4.72. The van der Waals surface area contributed by atoms with Crippen LogP contribution in [0.5, 0.6) is 5.75 Å². The number of nitrogens with one attached hydrogen (secondary N) is 1. The van der Waals surface area contributed by atoms with Gasteiger partial charge in [-0.2, -0.15) is 0 Å². The predicted octanol–water partition coefficient (Wildman–Crippen LogP) is 2.12. The third kappa shape index (κ3) is 2.23. The fourth-order valence-corrected chi connectivity index (χ4v) is 1.60. The standard InChI is InChI=1S/C11H16FNO/c1-4-10-8(7-13-2)5-9(12)6-11(10)14-3/h5-6,13H,4,7H2,1-3H3. The molecule has 0 aliphatic heterocycles. The number of hydrogen-bond acceptors (Lipinski definition) is 2. The molecule has 0 atom stereocenters. The van der Waals surface area contributed by atoms with Crippen LogP contribution in [0.25, 0.3) is 0 Å². The smallest absolute Gasteiger partial charge is 0.127 e. The molecule has 0 saturated carbocycles. The maximum Gasteiger partial charge on any atom is 0.127 e. The summed E-state index contributed by atoms with van der Waals surface area (Å²) in [5.41, 5.74) is 2.04. The van der Waals surface area contributed by atoms with Crippen molar-refractivity contribution in [1.82, 2.24) is 5.32 Å². The van der Waals surface area contributed by atoms with Crippen molar-refractivity contribution in [2.75, 3.05) is 14.2 Å².